The smallest absolute Gasteiger partial charge is 0.410 e. The molecule has 126 valence electrons. The third-order valence-corrected chi connectivity index (χ3v) is 3.48. The van der Waals surface area contributed by atoms with Crippen LogP contribution in [0.5, 0.6) is 0 Å². The van der Waals surface area contributed by atoms with Crippen molar-refractivity contribution in [1.82, 2.24) is 9.80 Å². The molecule has 0 unspecified atom stereocenters. The molecular weight excluding hydrogens is 298 g/mol. The first-order chi connectivity index (χ1) is 10.1. The summed E-state index contributed by atoms with van der Waals surface area (Å²) in [4.78, 5) is 26.0. The van der Waals surface area contributed by atoms with Crippen LogP contribution in [-0.4, -0.2) is 65.8 Å². The third kappa shape index (κ3) is 4.20. The third-order valence-electron chi connectivity index (χ3n) is 3.48. The van der Waals surface area contributed by atoms with Gasteiger partial charge in [0.1, 0.15) is 5.60 Å². The molecule has 0 bridgehead atoms. The van der Waals surface area contributed by atoms with Gasteiger partial charge in [-0.05, 0) is 27.2 Å². The molecule has 2 saturated heterocycles. The number of piperidine rings is 1. The van der Waals surface area contributed by atoms with Crippen molar-refractivity contribution in [2.75, 3.05) is 26.2 Å². The van der Waals surface area contributed by atoms with E-state index in [1.807, 2.05) is 0 Å². The SMILES string of the molecule is CC(C)(C)OC(=O)N1C[C@H](N2CCCOC2=O)CC(F)(F)C1. The Labute approximate surface area is 128 Å². The standard InChI is InChI=1S/C14H22F2N2O4/c1-13(2,3)22-11(19)17-8-10(7-14(15,16)9-17)18-5-4-6-21-12(18)20/h10H,4-9H2,1-3H3/t10-/m1/s1. The fourth-order valence-corrected chi connectivity index (χ4v) is 2.65. The van der Waals surface area contributed by atoms with E-state index in [0.29, 0.717) is 19.6 Å². The zero-order chi connectivity index (χ0) is 16.5. The first kappa shape index (κ1) is 16.8. The minimum Gasteiger partial charge on any atom is -0.449 e. The summed E-state index contributed by atoms with van der Waals surface area (Å²) in [6, 6.07) is -0.760. The van der Waals surface area contributed by atoms with Gasteiger partial charge in [0.25, 0.3) is 5.92 Å². The Bertz CT molecular complexity index is 451. The van der Waals surface area contributed by atoms with Crippen molar-refractivity contribution in [3.8, 4) is 0 Å². The van der Waals surface area contributed by atoms with Crippen LogP contribution in [0.4, 0.5) is 18.4 Å². The van der Waals surface area contributed by atoms with Crippen molar-refractivity contribution >= 4 is 12.2 Å². The molecule has 22 heavy (non-hydrogen) atoms. The van der Waals surface area contributed by atoms with Crippen LogP contribution in [0.2, 0.25) is 0 Å². The van der Waals surface area contributed by atoms with Gasteiger partial charge in [-0.15, -0.1) is 0 Å². The zero-order valence-corrected chi connectivity index (χ0v) is 13.1. The van der Waals surface area contributed by atoms with Crippen LogP contribution in [0.3, 0.4) is 0 Å². The molecule has 2 heterocycles. The van der Waals surface area contributed by atoms with Gasteiger partial charge < -0.3 is 19.3 Å². The van der Waals surface area contributed by atoms with E-state index in [-0.39, 0.29) is 6.54 Å². The summed E-state index contributed by atoms with van der Waals surface area (Å²) in [6.07, 6.45) is -1.26. The molecule has 8 heteroatoms. The van der Waals surface area contributed by atoms with Crippen LogP contribution in [0.25, 0.3) is 0 Å². The summed E-state index contributed by atoms with van der Waals surface area (Å²) < 4.78 is 38.0. The van der Waals surface area contributed by atoms with E-state index in [9.17, 15) is 18.4 Å². The number of nitrogens with zero attached hydrogens (tertiary/aromatic N) is 2. The molecule has 2 rings (SSSR count). The minimum atomic E-state index is -3.06. The number of carbonyl (C=O) groups excluding carboxylic acids is 2. The quantitative estimate of drug-likeness (QED) is 0.745. The average Bonchev–Trinajstić information content (AvgIpc) is 2.35. The van der Waals surface area contributed by atoms with E-state index in [4.69, 9.17) is 9.47 Å². The van der Waals surface area contributed by atoms with Crippen molar-refractivity contribution in [1.29, 1.82) is 0 Å². The fourth-order valence-electron chi connectivity index (χ4n) is 2.65. The first-order valence-corrected chi connectivity index (χ1v) is 7.36. The second-order valence-corrected chi connectivity index (χ2v) is 6.74. The fraction of sp³-hybridized carbons (Fsp3) is 0.857. The maximum absolute atomic E-state index is 14.0. The normalized spacial score (nSPS) is 25.7. The monoisotopic (exact) mass is 320 g/mol. The molecule has 2 aliphatic heterocycles. The number of rotatable bonds is 1. The van der Waals surface area contributed by atoms with E-state index >= 15 is 0 Å². The summed E-state index contributed by atoms with van der Waals surface area (Å²) in [5.74, 6) is -3.06. The van der Waals surface area contributed by atoms with Crippen molar-refractivity contribution in [2.45, 2.75) is 51.2 Å². The number of alkyl halides is 2. The highest BCUT2D eigenvalue weighted by Gasteiger charge is 2.46. The number of ether oxygens (including phenoxy) is 2. The van der Waals surface area contributed by atoms with E-state index in [1.54, 1.807) is 20.8 Å². The maximum Gasteiger partial charge on any atom is 0.410 e. The van der Waals surface area contributed by atoms with Gasteiger partial charge in [-0.3, -0.25) is 0 Å². The molecule has 0 aromatic rings. The summed E-state index contributed by atoms with van der Waals surface area (Å²) in [5.41, 5.74) is -0.761. The van der Waals surface area contributed by atoms with E-state index in [2.05, 4.69) is 0 Å². The number of halogens is 2. The molecule has 0 saturated carbocycles. The highest BCUT2D eigenvalue weighted by Crippen LogP contribution is 2.31. The molecular formula is C14H22F2N2O4. The van der Waals surface area contributed by atoms with Crippen molar-refractivity contribution in [2.24, 2.45) is 0 Å². The molecule has 0 aromatic heterocycles. The summed E-state index contributed by atoms with van der Waals surface area (Å²) in [6.45, 7) is 5.02. The maximum atomic E-state index is 14.0. The van der Waals surface area contributed by atoms with Gasteiger partial charge in [-0.2, -0.15) is 0 Å². The van der Waals surface area contributed by atoms with Gasteiger partial charge in [0, 0.05) is 19.5 Å². The van der Waals surface area contributed by atoms with E-state index < -0.39 is 42.7 Å². The summed E-state index contributed by atoms with van der Waals surface area (Å²) >= 11 is 0. The van der Waals surface area contributed by atoms with Gasteiger partial charge in [0.05, 0.1) is 19.2 Å². The van der Waals surface area contributed by atoms with Gasteiger partial charge in [0.2, 0.25) is 0 Å². The van der Waals surface area contributed by atoms with E-state index in [0.717, 1.165) is 4.90 Å². The van der Waals surface area contributed by atoms with Crippen LogP contribution in [0, 0.1) is 0 Å². The molecule has 0 N–H and O–H groups in total. The minimum absolute atomic E-state index is 0.0274. The molecule has 0 spiro atoms. The Morgan fingerprint density at radius 3 is 2.68 bits per heavy atom. The second kappa shape index (κ2) is 5.89. The van der Waals surface area contributed by atoms with Crippen LogP contribution in [0.1, 0.15) is 33.6 Å². The Morgan fingerprint density at radius 1 is 1.41 bits per heavy atom. The molecule has 6 nitrogen and oxygen atoms in total. The largest absolute Gasteiger partial charge is 0.449 e. The number of likely N-dealkylation sites (tertiary alicyclic amines) is 1. The molecule has 2 aliphatic rings. The number of hydrogen-bond acceptors (Lipinski definition) is 4. The Morgan fingerprint density at radius 2 is 2.09 bits per heavy atom. The molecule has 2 fully saturated rings. The predicted molar refractivity (Wildman–Crippen MR) is 73.8 cm³/mol. The summed E-state index contributed by atoms with van der Waals surface area (Å²) in [5, 5.41) is 0. The van der Waals surface area contributed by atoms with Crippen LogP contribution in [0.15, 0.2) is 0 Å². The average molecular weight is 320 g/mol. The molecule has 0 aromatic carbocycles. The predicted octanol–water partition coefficient (Wildman–Crippen LogP) is 2.47. The lowest BCUT2D eigenvalue weighted by atomic mass is 10.0. The Kier molecular flexibility index (Phi) is 4.49. The van der Waals surface area contributed by atoms with Gasteiger partial charge in [-0.25, -0.2) is 18.4 Å². The van der Waals surface area contributed by atoms with Crippen molar-refractivity contribution in [3.05, 3.63) is 0 Å². The highest BCUT2D eigenvalue weighted by atomic mass is 19.3. The number of cyclic esters (lactones) is 1. The first-order valence-electron chi connectivity index (χ1n) is 7.36. The van der Waals surface area contributed by atoms with Gasteiger partial charge >= 0.3 is 12.2 Å². The van der Waals surface area contributed by atoms with Crippen molar-refractivity contribution in [3.63, 3.8) is 0 Å². The number of amides is 2. The lowest BCUT2D eigenvalue weighted by Crippen LogP contribution is -2.59. The van der Waals surface area contributed by atoms with Crippen LogP contribution >= 0.6 is 0 Å². The number of hydrogen-bond donors (Lipinski definition) is 0. The topological polar surface area (TPSA) is 59.1 Å². The molecule has 2 amide bonds. The van der Waals surface area contributed by atoms with Crippen LogP contribution in [-0.2, 0) is 9.47 Å². The van der Waals surface area contributed by atoms with E-state index in [1.165, 1.54) is 4.90 Å². The molecule has 0 aliphatic carbocycles. The zero-order valence-electron chi connectivity index (χ0n) is 13.1. The Hall–Kier alpha value is -1.60. The molecule has 0 radical (unpaired) electrons. The lowest BCUT2D eigenvalue weighted by Gasteiger charge is -2.43. The van der Waals surface area contributed by atoms with Gasteiger partial charge in [-0.1, -0.05) is 0 Å². The lowest BCUT2D eigenvalue weighted by molar-refractivity contribution is -0.0957. The second-order valence-electron chi connectivity index (χ2n) is 6.74. The van der Waals surface area contributed by atoms with Crippen molar-refractivity contribution < 1.29 is 27.8 Å². The highest BCUT2D eigenvalue weighted by molar-refractivity contribution is 5.70. The van der Waals surface area contributed by atoms with Crippen LogP contribution < -0.4 is 0 Å². The summed E-state index contributed by atoms with van der Waals surface area (Å²) in [7, 11) is 0. The number of carbonyl (C=O) groups is 2. The van der Waals surface area contributed by atoms with Gasteiger partial charge in [0.15, 0.2) is 0 Å². The Balaban J connectivity index is 2.09. The molecule has 1 atom stereocenters.